The van der Waals surface area contributed by atoms with Crippen LogP contribution < -0.4 is 15.4 Å². The summed E-state index contributed by atoms with van der Waals surface area (Å²) in [6, 6.07) is 10.8. The third-order valence-electron chi connectivity index (χ3n) is 6.46. The van der Waals surface area contributed by atoms with Crippen LogP contribution in [0.5, 0.6) is 5.75 Å². The summed E-state index contributed by atoms with van der Waals surface area (Å²) in [6.07, 6.45) is -0.0260. The Morgan fingerprint density at radius 2 is 1.67 bits per heavy atom. The quantitative estimate of drug-likeness (QED) is 0.382. The molecule has 2 heterocycles. The molecule has 1 amide bonds. The van der Waals surface area contributed by atoms with Gasteiger partial charge < -0.3 is 15.4 Å². The maximum Gasteiger partial charge on any atom is 0.433 e. The average molecular weight is 536 g/mol. The normalized spacial score (nSPS) is 19.8. The number of aromatic nitrogens is 1. The lowest BCUT2D eigenvalue weighted by Gasteiger charge is -2.31. The highest BCUT2D eigenvalue weighted by Crippen LogP contribution is 2.35. The smallest absolute Gasteiger partial charge is 0.433 e. The number of ether oxygens (including phenoxy) is 1. The lowest BCUT2D eigenvalue weighted by atomic mass is 9.90. The number of hydrogen-bond acceptors (Lipinski definition) is 4. The molecule has 0 radical (unpaired) electrons. The summed E-state index contributed by atoms with van der Waals surface area (Å²) in [4.78, 5) is 16.6. The van der Waals surface area contributed by atoms with Gasteiger partial charge in [-0.15, -0.1) is 0 Å². The number of pyridine rings is 1. The Labute approximate surface area is 215 Å². The van der Waals surface area contributed by atoms with Gasteiger partial charge in [-0.1, -0.05) is 23.2 Å². The van der Waals surface area contributed by atoms with E-state index in [2.05, 4.69) is 15.6 Å². The summed E-state index contributed by atoms with van der Waals surface area (Å²) < 4.78 is 45.9. The van der Waals surface area contributed by atoms with Gasteiger partial charge in [-0.2, -0.15) is 13.2 Å². The molecule has 2 aliphatic rings. The first-order valence-corrected chi connectivity index (χ1v) is 12.3. The van der Waals surface area contributed by atoms with E-state index in [1.807, 2.05) is 0 Å². The Balaban J connectivity index is 1.24. The van der Waals surface area contributed by atoms with Gasteiger partial charge in [0.1, 0.15) is 18.1 Å². The highest BCUT2D eigenvalue weighted by Gasteiger charge is 2.34. The van der Waals surface area contributed by atoms with Gasteiger partial charge >= 0.3 is 6.18 Å². The molecule has 1 aromatic heterocycles. The van der Waals surface area contributed by atoms with Crippen molar-refractivity contribution in [3.63, 3.8) is 0 Å². The fourth-order valence-corrected chi connectivity index (χ4v) is 4.97. The summed E-state index contributed by atoms with van der Waals surface area (Å²) in [7, 11) is 0. The van der Waals surface area contributed by atoms with Crippen LogP contribution in [0.15, 0.2) is 48.0 Å². The molecule has 1 aliphatic carbocycles. The molecular formula is C26H22Cl2F3N3O2. The van der Waals surface area contributed by atoms with Crippen molar-refractivity contribution < 1.29 is 22.7 Å². The lowest BCUT2D eigenvalue weighted by Crippen LogP contribution is -2.41. The topological polar surface area (TPSA) is 63.2 Å². The zero-order valence-corrected chi connectivity index (χ0v) is 20.5. The van der Waals surface area contributed by atoms with Crippen LogP contribution in [0.1, 0.15) is 36.9 Å². The van der Waals surface area contributed by atoms with Crippen LogP contribution in [0.4, 0.5) is 18.9 Å². The third kappa shape index (κ3) is 5.39. The molecule has 1 aliphatic heterocycles. The monoisotopic (exact) mass is 535 g/mol. The Bertz CT molecular complexity index is 1350. The van der Waals surface area contributed by atoms with Crippen molar-refractivity contribution in [2.45, 2.75) is 43.9 Å². The van der Waals surface area contributed by atoms with E-state index in [-0.39, 0.29) is 30.1 Å². The van der Waals surface area contributed by atoms with Gasteiger partial charge in [0.15, 0.2) is 0 Å². The van der Waals surface area contributed by atoms with Crippen molar-refractivity contribution in [3.8, 4) is 5.75 Å². The Kier molecular flexibility index (Phi) is 6.74. The molecule has 1 fully saturated rings. The summed E-state index contributed by atoms with van der Waals surface area (Å²) >= 11 is 12.1. The first kappa shape index (κ1) is 24.7. The Morgan fingerprint density at radius 1 is 0.972 bits per heavy atom. The number of carbonyl (C=O) groups excluding carboxylic acids is 1. The molecule has 188 valence electrons. The summed E-state index contributed by atoms with van der Waals surface area (Å²) in [5.41, 5.74) is 0.902. The van der Waals surface area contributed by atoms with Crippen molar-refractivity contribution in [2.24, 2.45) is 0 Å². The lowest BCUT2D eigenvalue weighted by molar-refractivity contribution is -0.140. The van der Waals surface area contributed by atoms with Crippen LogP contribution in [-0.2, 0) is 11.0 Å². The minimum absolute atomic E-state index is 0.0356. The van der Waals surface area contributed by atoms with Gasteiger partial charge in [-0.3, -0.25) is 4.79 Å². The van der Waals surface area contributed by atoms with Gasteiger partial charge in [0.05, 0.1) is 11.1 Å². The number of fused-ring (bicyclic) bond motifs is 2. The molecule has 0 atom stereocenters. The van der Waals surface area contributed by atoms with Crippen LogP contribution in [0.25, 0.3) is 17.0 Å². The molecule has 2 N–H and O–H groups in total. The predicted octanol–water partition coefficient (Wildman–Crippen LogP) is 6.88. The fraction of sp³-hybridized carbons (Fsp3) is 0.308. The number of carbonyl (C=O) groups is 1. The van der Waals surface area contributed by atoms with Crippen LogP contribution in [0, 0.1) is 0 Å². The van der Waals surface area contributed by atoms with Gasteiger partial charge in [0.2, 0.25) is 0 Å². The maximum atomic E-state index is 13.4. The van der Waals surface area contributed by atoms with Crippen molar-refractivity contribution in [1.82, 2.24) is 10.3 Å². The highest BCUT2D eigenvalue weighted by atomic mass is 35.5. The summed E-state index contributed by atoms with van der Waals surface area (Å²) in [6.45, 7) is 0.177. The second kappa shape index (κ2) is 9.82. The Morgan fingerprint density at radius 3 is 2.42 bits per heavy atom. The molecule has 10 heteroatoms. The number of rotatable bonds is 4. The molecule has 2 aromatic carbocycles. The number of amides is 1. The molecule has 0 unspecified atom stereocenters. The van der Waals surface area contributed by atoms with Gasteiger partial charge in [0, 0.05) is 38.8 Å². The van der Waals surface area contributed by atoms with E-state index in [0.717, 1.165) is 11.6 Å². The first-order valence-electron chi connectivity index (χ1n) is 11.5. The first-order chi connectivity index (χ1) is 17.2. The molecule has 0 saturated heterocycles. The zero-order valence-electron chi connectivity index (χ0n) is 19.0. The van der Waals surface area contributed by atoms with Gasteiger partial charge in [0.25, 0.3) is 5.91 Å². The Hall–Kier alpha value is -2.97. The van der Waals surface area contributed by atoms with E-state index in [1.165, 1.54) is 12.1 Å². The van der Waals surface area contributed by atoms with Gasteiger partial charge in [-0.05, 0) is 74.2 Å². The molecule has 5 rings (SSSR count). The largest absolute Gasteiger partial charge is 0.488 e. The molecular weight excluding hydrogens is 514 g/mol. The number of alkyl halides is 3. The minimum atomic E-state index is -4.56. The molecule has 0 bridgehead atoms. The number of hydrogen-bond donors (Lipinski definition) is 2. The summed E-state index contributed by atoms with van der Waals surface area (Å²) in [5.74, 6) is 0.489. The predicted molar refractivity (Wildman–Crippen MR) is 134 cm³/mol. The standard InChI is InChI=1S/C26H22Cl2F3N3O2/c27-16-2-8-23-14(10-16)9-15(13-36-23)25(35)33-19-5-3-18(4-6-19)32-22-12-24(26(29,30)31)34-21-7-1-17(28)11-20(21)22/h1-2,7-12,18-19H,3-6,13H2,(H,32,34)(H,33,35)/t18-,19+. The molecule has 36 heavy (non-hydrogen) atoms. The zero-order chi connectivity index (χ0) is 25.4. The number of benzene rings is 2. The summed E-state index contributed by atoms with van der Waals surface area (Å²) in [5, 5.41) is 7.84. The van der Waals surface area contributed by atoms with E-state index >= 15 is 0 Å². The van der Waals surface area contributed by atoms with Crippen LogP contribution in [-0.4, -0.2) is 29.6 Å². The van der Waals surface area contributed by atoms with Gasteiger partial charge in [-0.25, -0.2) is 4.98 Å². The second-order valence-electron chi connectivity index (χ2n) is 9.02. The van der Waals surface area contributed by atoms with Crippen LogP contribution in [0.2, 0.25) is 10.0 Å². The number of halogens is 5. The van der Waals surface area contributed by atoms with E-state index in [4.69, 9.17) is 27.9 Å². The van der Waals surface area contributed by atoms with E-state index < -0.39 is 11.9 Å². The minimum Gasteiger partial charge on any atom is -0.488 e. The fourth-order valence-electron chi connectivity index (χ4n) is 4.62. The van der Waals surface area contributed by atoms with Crippen LogP contribution in [0.3, 0.4) is 0 Å². The van der Waals surface area contributed by atoms with Crippen LogP contribution >= 0.6 is 23.2 Å². The molecule has 3 aromatic rings. The van der Waals surface area contributed by atoms with E-state index in [1.54, 1.807) is 30.3 Å². The van der Waals surface area contributed by atoms with E-state index in [0.29, 0.717) is 58.1 Å². The highest BCUT2D eigenvalue weighted by molar-refractivity contribution is 6.31. The SMILES string of the molecule is O=C(N[C@H]1CC[C@@H](Nc2cc(C(F)(F)F)nc3ccc(Cl)cc23)CC1)C1=Cc2cc(Cl)ccc2OC1. The number of anilines is 1. The van der Waals surface area contributed by atoms with Crippen molar-refractivity contribution in [3.05, 3.63) is 69.3 Å². The second-order valence-corrected chi connectivity index (χ2v) is 9.89. The van der Waals surface area contributed by atoms with Crippen molar-refractivity contribution in [1.29, 1.82) is 0 Å². The van der Waals surface area contributed by atoms with Crippen molar-refractivity contribution in [2.75, 3.05) is 11.9 Å². The third-order valence-corrected chi connectivity index (χ3v) is 6.93. The molecule has 0 spiro atoms. The van der Waals surface area contributed by atoms with E-state index in [9.17, 15) is 18.0 Å². The average Bonchev–Trinajstić information content (AvgIpc) is 2.84. The maximum absolute atomic E-state index is 13.4. The number of nitrogens with one attached hydrogen (secondary N) is 2. The molecule has 1 saturated carbocycles. The molecule has 5 nitrogen and oxygen atoms in total. The number of nitrogens with zero attached hydrogens (tertiary/aromatic N) is 1. The van der Waals surface area contributed by atoms with Crippen molar-refractivity contribution >= 4 is 51.8 Å².